The van der Waals surface area contributed by atoms with Gasteiger partial charge in [0.25, 0.3) is 0 Å². The van der Waals surface area contributed by atoms with Gasteiger partial charge < -0.3 is 9.64 Å². The van der Waals surface area contributed by atoms with Gasteiger partial charge in [-0.25, -0.2) is 14.4 Å². The lowest BCUT2D eigenvalue weighted by atomic mass is 9.92. The fourth-order valence-corrected chi connectivity index (χ4v) is 2.98. The molecule has 1 fully saturated rings. The fraction of sp³-hybridized carbons (Fsp3) is 0.562. The van der Waals surface area contributed by atoms with Crippen molar-refractivity contribution in [3.63, 3.8) is 0 Å². The average Bonchev–Trinajstić information content (AvgIpc) is 2.58. The summed E-state index contributed by atoms with van der Waals surface area (Å²) in [7, 11) is 0. The first-order valence-electron chi connectivity index (χ1n) is 7.80. The van der Waals surface area contributed by atoms with Crippen LogP contribution in [0.15, 0.2) is 24.5 Å². The van der Waals surface area contributed by atoms with E-state index in [2.05, 4.69) is 22.1 Å². The SMILES string of the molecule is O=C(C1CC=CCC1)N1CCC(Oc2ncc(F)cn2)CC1. The summed E-state index contributed by atoms with van der Waals surface area (Å²) in [6.07, 6.45) is 10.8. The summed E-state index contributed by atoms with van der Waals surface area (Å²) in [5.41, 5.74) is 0. The number of hydrogen-bond acceptors (Lipinski definition) is 4. The molecule has 1 aromatic rings. The molecule has 1 atom stereocenters. The van der Waals surface area contributed by atoms with E-state index in [9.17, 15) is 9.18 Å². The summed E-state index contributed by atoms with van der Waals surface area (Å²) in [5.74, 6) is -0.0713. The largest absolute Gasteiger partial charge is 0.460 e. The first kappa shape index (κ1) is 14.9. The van der Waals surface area contributed by atoms with Gasteiger partial charge in [-0.2, -0.15) is 0 Å². The molecule has 1 saturated heterocycles. The van der Waals surface area contributed by atoms with Crippen LogP contribution < -0.4 is 4.74 Å². The lowest BCUT2D eigenvalue weighted by molar-refractivity contribution is -0.137. The monoisotopic (exact) mass is 305 g/mol. The minimum atomic E-state index is -0.478. The molecule has 0 N–H and O–H groups in total. The molecule has 2 heterocycles. The highest BCUT2D eigenvalue weighted by Gasteiger charge is 2.29. The van der Waals surface area contributed by atoms with E-state index >= 15 is 0 Å². The second kappa shape index (κ2) is 6.85. The van der Waals surface area contributed by atoms with Crippen LogP contribution in [0.5, 0.6) is 6.01 Å². The fourth-order valence-electron chi connectivity index (χ4n) is 2.98. The van der Waals surface area contributed by atoms with Gasteiger partial charge in [0.2, 0.25) is 5.91 Å². The topological polar surface area (TPSA) is 55.3 Å². The molecule has 5 nitrogen and oxygen atoms in total. The number of aromatic nitrogens is 2. The van der Waals surface area contributed by atoms with Gasteiger partial charge in [0, 0.05) is 31.8 Å². The second-order valence-electron chi connectivity index (χ2n) is 5.81. The van der Waals surface area contributed by atoms with Crippen LogP contribution in [-0.4, -0.2) is 40.0 Å². The van der Waals surface area contributed by atoms with Crippen LogP contribution in [-0.2, 0) is 4.79 Å². The van der Waals surface area contributed by atoms with Crippen LogP contribution in [0.4, 0.5) is 4.39 Å². The van der Waals surface area contributed by atoms with Gasteiger partial charge in [0.05, 0.1) is 12.4 Å². The van der Waals surface area contributed by atoms with Crippen LogP contribution in [0, 0.1) is 11.7 Å². The quantitative estimate of drug-likeness (QED) is 0.804. The predicted molar refractivity (Wildman–Crippen MR) is 78.7 cm³/mol. The third kappa shape index (κ3) is 3.61. The molecule has 1 aliphatic heterocycles. The number of piperidine rings is 1. The summed E-state index contributed by atoms with van der Waals surface area (Å²) >= 11 is 0. The Morgan fingerprint density at radius 2 is 1.91 bits per heavy atom. The highest BCUT2D eigenvalue weighted by molar-refractivity contribution is 5.79. The third-order valence-corrected chi connectivity index (χ3v) is 4.24. The van der Waals surface area contributed by atoms with E-state index < -0.39 is 5.82 Å². The van der Waals surface area contributed by atoms with Crippen LogP contribution in [0.25, 0.3) is 0 Å². The standard InChI is InChI=1S/C16H20FN3O2/c17-13-10-18-16(19-11-13)22-14-6-8-20(9-7-14)15(21)12-4-2-1-3-5-12/h1-2,10-12,14H,3-9H2. The summed E-state index contributed by atoms with van der Waals surface area (Å²) < 4.78 is 18.4. The summed E-state index contributed by atoms with van der Waals surface area (Å²) in [5, 5.41) is 0. The third-order valence-electron chi connectivity index (χ3n) is 4.24. The number of allylic oxidation sites excluding steroid dienone is 2. The number of carbonyl (C=O) groups excluding carboxylic acids is 1. The zero-order valence-electron chi connectivity index (χ0n) is 12.4. The van der Waals surface area contributed by atoms with Crippen molar-refractivity contribution in [1.82, 2.24) is 14.9 Å². The number of amides is 1. The van der Waals surface area contributed by atoms with E-state index in [0.29, 0.717) is 13.1 Å². The maximum absolute atomic E-state index is 12.8. The molecule has 0 bridgehead atoms. The number of nitrogens with zero attached hydrogens (tertiary/aromatic N) is 3. The molecule has 1 unspecified atom stereocenters. The summed E-state index contributed by atoms with van der Waals surface area (Å²) in [6, 6.07) is 0.198. The molecular formula is C16H20FN3O2. The predicted octanol–water partition coefficient (Wildman–Crippen LogP) is 2.34. The number of likely N-dealkylation sites (tertiary alicyclic amines) is 1. The van der Waals surface area contributed by atoms with Crippen LogP contribution in [0.3, 0.4) is 0 Å². The molecule has 0 aromatic carbocycles. The number of ether oxygens (including phenoxy) is 1. The van der Waals surface area contributed by atoms with E-state index in [1.807, 2.05) is 4.90 Å². The van der Waals surface area contributed by atoms with Crippen molar-refractivity contribution >= 4 is 5.91 Å². The molecule has 0 radical (unpaired) electrons. The van der Waals surface area contributed by atoms with Gasteiger partial charge in [-0.1, -0.05) is 12.2 Å². The van der Waals surface area contributed by atoms with Crippen molar-refractivity contribution in [2.45, 2.75) is 38.2 Å². The Kier molecular flexibility index (Phi) is 4.65. The number of hydrogen-bond donors (Lipinski definition) is 0. The normalized spacial score (nSPS) is 22.6. The molecule has 1 aromatic heterocycles. The molecule has 1 amide bonds. The minimum Gasteiger partial charge on any atom is -0.460 e. The van der Waals surface area contributed by atoms with Crippen LogP contribution >= 0.6 is 0 Å². The number of halogens is 1. The Labute approximate surface area is 129 Å². The van der Waals surface area contributed by atoms with Crippen molar-refractivity contribution in [3.8, 4) is 6.01 Å². The Morgan fingerprint density at radius 3 is 2.55 bits per heavy atom. The molecule has 118 valence electrons. The zero-order valence-corrected chi connectivity index (χ0v) is 12.4. The Morgan fingerprint density at radius 1 is 1.18 bits per heavy atom. The Balaban J connectivity index is 1.48. The van der Waals surface area contributed by atoms with Crippen molar-refractivity contribution in [2.24, 2.45) is 5.92 Å². The molecule has 6 heteroatoms. The van der Waals surface area contributed by atoms with Gasteiger partial charge in [0.1, 0.15) is 6.10 Å². The van der Waals surface area contributed by atoms with Crippen LogP contribution in [0.1, 0.15) is 32.1 Å². The smallest absolute Gasteiger partial charge is 0.316 e. The molecule has 1 aliphatic carbocycles. The van der Waals surface area contributed by atoms with Gasteiger partial charge in [-0.15, -0.1) is 0 Å². The van der Waals surface area contributed by atoms with E-state index in [1.54, 1.807) is 0 Å². The van der Waals surface area contributed by atoms with Gasteiger partial charge in [0.15, 0.2) is 5.82 Å². The van der Waals surface area contributed by atoms with Crippen molar-refractivity contribution < 1.29 is 13.9 Å². The molecule has 2 aliphatic rings. The minimum absolute atomic E-state index is 0.0132. The Hall–Kier alpha value is -1.98. The molecule has 22 heavy (non-hydrogen) atoms. The first-order valence-corrected chi connectivity index (χ1v) is 7.80. The molecular weight excluding hydrogens is 285 g/mol. The summed E-state index contributed by atoms with van der Waals surface area (Å²) in [4.78, 5) is 22.0. The zero-order chi connectivity index (χ0) is 15.4. The van der Waals surface area contributed by atoms with Crippen molar-refractivity contribution in [3.05, 3.63) is 30.4 Å². The first-order chi connectivity index (χ1) is 10.7. The lowest BCUT2D eigenvalue weighted by Crippen LogP contribution is -2.44. The maximum Gasteiger partial charge on any atom is 0.316 e. The van der Waals surface area contributed by atoms with Crippen LogP contribution in [0.2, 0.25) is 0 Å². The number of carbonyl (C=O) groups is 1. The van der Waals surface area contributed by atoms with Crippen molar-refractivity contribution in [2.75, 3.05) is 13.1 Å². The second-order valence-corrected chi connectivity index (χ2v) is 5.81. The van der Waals surface area contributed by atoms with E-state index in [0.717, 1.165) is 44.5 Å². The van der Waals surface area contributed by atoms with Gasteiger partial charge in [-0.05, 0) is 19.3 Å². The van der Waals surface area contributed by atoms with Crippen molar-refractivity contribution in [1.29, 1.82) is 0 Å². The molecule has 0 spiro atoms. The van der Waals surface area contributed by atoms with E-state index in [-0.39, 0.29) is 23.9 Å². The molecule has 3 rings (SSSR count). The lowest BCUT2D eigenvalue weighted by Gasteiger charge is -2.34. The summed E-state index contributed by atoms with van der Waals surface area (Å²) in [6.45, 7) is 1.40. The number of rotatable bonds is 3. The van der Waals surface area contributed by atoms with Gasteiger partial charge in [-0.3, -0.25) is 4.79 Å². The molecule has 0 saturated carbocycles. The van der Waals surface area contributed by atoms with E-state index in [4.69, 9.17) is 4.74 Å². The maximum atomic E-state index is 12.8. The highest BCUT2D eigenvalue weighted by Crippen LogP contribution is 2.23. The van der Waals surface area contributed by atoms with E-state index in [1.165, 1.54) is 0 Å². The average molecular weight is 305 g/mol. The van der Waals surface area contributed by atoms with Gasteiger partial charge >= 0.3 is 6.01 Å². The highest BCUT2D eigenvalue weighted by atomic mass is 19.1. The Bertz CT molecular complexity index is 539.